The van der Waals surface area contributed by atoms with E-state index in [0.29, 0.717) is 12.1 Å². The van der Waals surface area contributed by atoms with Gasteiger partial charge in [0.1, 0.15) is 0 Å². The van der Waals surface area contributed by atoms with Crippen molar-refractivity contribution in [3.05, 3.63) is 34.9 Å². The van der Waals surface area contributed by atoms with Crippen LogP contribution in [0.15, 0.2) is 24.3 Å². The molecule has 0 radical (unpaired) electrons. The van der Waals surface area contributed by atoms with Crippen LogP contribution in [-0.2, 0) is 0 Å². The van der Waals surface area contributed by atoms with Gasteiger partial charge in [0.2, 0.25) is 0 Å². The van der Waals surface area contributed by atoms with Crippen molar-refractivity contribution in [1.29, 1.82) is 0 Å². The largest absolute Gasteiger partial charge is 0.307 e. The molecule has 1 nitrogen and oxygen atoms in total. The van der Waals surface area contributed by atoms with Crippen LogP contribution in [0.1, 0.15) is 70.4 Å². The van der Waals surface area contributed by atoms with E-state index < -0.39 is 0 Å². The van der Waals surface area contributed by atoms with Crippen LogP contribution in [0.5, 0.6) is 0 Å². The molecule has 2 heteroatoms. The van der Waals surface area contributed by atoms with Crippen LogP contribution in [0.3, 0.4) is 0 Å². The first kappa shape index (κ1) is 15.9. The molecule has 1 aromatic rings. The second-order valence-electron chi connectivity index (χ2n) is 6.22. The van der Waals surface area contributed by atoms with E-state index in [0.717, 1.165) is 17.4 Å². The van der Waals surface area contributed by atoms with E-state index in [4.69, 9.17) is 11.6 Å². The molecule has 1 aliphatic rings. The molecule has 0 amide bonds. The van der Waals surface area contributed by atoms with Crippen molar-refractivity contribution >= 4 is 11.6 Å². The van der Waals surface area contributed by atoms with Crippen LogP contribution in [0, 0.1) is 5.92 Å². The summed E-state index contributed by atoms with van der Waals surface area (Å²) in [5.41, 5.74) is 1.32. The molecule has 2 rings (SSSR count). The van der Waals surface area contributed by atoms with E-state index in [9.17, 15) is 0 Å². The Morgan fingerprint density at radius 1 is 1.20 bits per heavy atom. The zero-order chi connectivity index (χ0) is 14.4. The van der Waals surface area contributed by atoms with Gasteiger partial charge < -0.3 is 5.32 Å². The quantitative estimate of drug-likeness (QED) is 0.683. The van der Waals surface area contributed by atoms with Crippen LogP contribution in [-0.4, -0.2) is 6.04 Å². The van der Waals surface area contributed by atoms with Crippen molar-refractivity contribution in [2.24, 2.45) is 5.92 Å². The Labute approximate surface area is 129 Å². The highest BCUT2D eigenvalue weighted by atomic mass is 35.5. The molecule has 0 spiro atoms. The highest BCUT2D eigenvalue weighted by Crippen LogP contribution is 2.28. The standard InChI is InChI=1S/C18H28ClN/c1-3-18(16-11-8-12-17(19)13-16)20-14(2)15-9-6-4-5-7-10-15/h8,11-15,18,20H,3-7,9-10H2,1-2H3/t14-,18?/m0/s1. The van der Waals surface area contributed by atoms with E-state index in [1.807, 2.05) is 6.07 Å². The molecule has 0 heterocycles. The van der Waals surface area contributed by atoms with Crippen molar-refractivity contribution < 1.29 is 0 Å². The van der Waals surface area contributed by atoms with Gasteiger partial charge in [-0.25, -0.2) is 0 Å². The molecule has 112 valence electrons. The molecule has 1 unspecified atom stereocenters. The molecule has 0 aromatic heterocycles. The Kier molecular flexibility index (Phi) is 6.38. The van der Waals surface area contributed by atoms with Crippen molar-refractivity contribution in [3.8, 4) is 0 Å². The maximum Gasteiger partial charge on any atom is 0.0409 e. The number of hydrogen-bond acceptors (Lipinski definition) is 1. The number of rotatable bonds is 5. The van der Waals surface area contributed by atoms with Gasteiger partial charge in [0.05, 0.1) is 0 Å². The predicted molar refractivity (Wildman–Crippen MR) is 88.3 cm³/mol. The molecule has 1 aromatic carbocycles. The minimum atomic E-state index is 0.423. The highest BCUT2D eigenvalue weighted by molar-refractivity contribution is 6.30. The fourth-order valence-corrected chi connectivity index (χ4v) is 3.64. The fraction of sp³-hybridized carbons (Fsp3) is 0.667. The third kappa shape index (κ3) is 4.49. The summed E-state index contributed by atoms with van der Waals surface area (Å²) in [5.74, 6) is 0.839. The van der Waals surface area contributed by atoms with Crippen LogP contribution in [0.25, 0.3) is 0 Å². The number of benzene rings is 1. The van der Waals surface area contributed by atoms with Gasteiger partial charge in [-0.1, -0.05) is 56.3 Å². The number of hydrogen-bond donors (Lipinski definition) is 1. The fourth-order valence-electron chi connectivity index (χ4n) is 3.44. The molecule has 1 aliphatic carbocycles. The third-order valence-electron chi connectivity index (χ3n) is 4.73. The predicted octanol–water partition coefficient (Wildman–Crippen LogP) is 5.74. The van der Waals surface area contributed by atoms with Gasteiger partial charge in [-0.15, -0.1) is 0 Å². The smallest absolute Gasteiger partial charge is 0.0409 e. The summed E-state index contributed by atoms with van der Waals surface area (Å²) in [5, 5.41) is 4.69. The van der Waals surface area contributed by atoms with Crippen LogP contribution in [0.4, 0.5) is 0 Å². The zero-order valence-electron chi connectivity index (χ0n) is 12.9. The molecule has 20 heavy (non-hydrogen) atoms. The lowest BCUT2D eigenvalue weighted by atomic mass is 9.91. The first-order chi connectivity index (χ1) is 9.70. The molecule has 2 atom stereocenters. The van der Waals surface area contributed by atoms with Crippen LogP contribution in [0.2, 0.25) is 5.02 Å². The van der Waals surface area contributed by atoms with Gasteiger partial charge in [0.25, 0.3) is 0 Å². The van der Waals surface area contributed by atoms with Crippen molar-refractivity contribution in [3.63, 3.8) is 0 Å². The number of nitrogens with one attached hydrogen (secondary N) is 1. The average molecular weight is 294 g/mol. The lowest BCUT2D eigenvalue weighted by molar-refractivity contribution is 0.306. The molecule has 1 N–H and O–H groups in total. The Balaban J connectivity index is 1.98. The van der Waals surface area contributed by atoms with Gasteiger partial charge in [0.15, 0.2) is 0 Å². The third-order valence-corrected chi connectivity index (χ3v) is 4.97. The van der Waals surface area contributed by atoms with Gasteiger partial charge in [0, 0.05) is 17.1 Å². The van der Waals surface area contributed by atoms with E-state index in [-0.39, 0.29) is 0 Å². The van der Waals surface area contributed by atoms with E-state index >= 15 is 0 Å². The summed E-state index contributed by atoms with van der Waals surface area (Å²) >= 11 is 6.12. The topological polar surface area (TPSA) is 12.0 Å². The summed E-state index contributed by atoms with van der Waals surface area (Å²) in [6, 6.07) is 9.31. The molecule has 1 fully saturated rings. The zero-order valence-corrected chi connectivity index (χ0v) is 13.6. The molecular weight excluding hydrogens is 266 g/mol. The summed E-state index contributed by atoms with van der Waals surface area (Å²) < 4.78 is 0. The Bertz CT molecular complexity index is 396. The van der Waals surface area contributed by atoms with Crippen LogP contribution < -0.4 is 5.32 Å². The van der Waals surface area contributed by atoms with Crippen molar-refractivity contribution in [1.82, 2.24) is 5.32 Å². The summed E-state index contributed by atoms with van der Waals surface area (Å²) in [7, 11) is 0. The average Bonchev–Trinajstić information content (AvgIpc) is 2.73. The Morgan fingerprint density at radius 2 is 1.90 bits per heavy atom. The maximum absolute atomic E-state index is 6.12. The molecule has 0 aliphatic heterocycles. The lowest BCUT2D eigenvalue weighted by Crippen LogP contribution is -2.36. The number of halogens is 1. The monoisotopic (exact) mass is 293 g/mol. The molecular formula is C18H28ClN. The maximum atomic E-state index is 6.12. The summed E-state index contributed by atoms with van der Waals surface area (Å²) in [4.78, 5) is 0. The van der Waals surface area contributed by atoms with Gasteiger partial charge in [-0.3, -0.25) is 0 Å². The Hall–Kier alpha value is -0.530. The molecule has 1 saturated carbocycles. The van der Waals surface area contributed by atoms with Crippen LogP contribution >= 0.6 is 11.6 Å². The Morgan fingerprint density at radius 3 is 2.50 bits per heavy atom. The minimum absolute atomic E-state index is 0.423. The summed E-state index contributed by atoms with van der Waals surface area (Å²) in [6.07, 6.45) is 9.55. The first-order valence-corrected chi connectivity index (χ1v) is 8.60. The highest BCUT2D eigenvalue weighted by Gasteiger charge is 2.21. The normalized spacial score (nSPS) is 20.4. The van der Waals surface area contributed by atoms with Crippen molar-refractivity contribution in [2.45, 2.75) is 70.9 Å². The minimum Gasteiger partial charge on any atom is -0.307 e. The van der Waals surface area contributed by atoms with Gasteiger partial charge in [-0.2, -0.15) is 0 Å². The lowest BCUT2D eigenvalue weighted by Gasteiger charge is -2.29. The second kappa shape index (κ2) is 8.05. The summed E-state index contributed by atoms with van der Waals surface area (Å²) in [6.45, 7) is 4.61. The first-order valence-electron chi connectivity index (χ1n) is 8.22. The van der Waals surface area contributed by atoms with E-state index in [1.165, 1.54) is 44.1 Å². The van der Waals surface area contributed by atoms with Crippen molar-refractivity contribution in [2.75, 3.05) is 0 Å². The van der Waals surface area contributed by atoms with E-state index in [1.54, 1.807) is 0 Å². The van der Waals surface area contributed by atoms with E-state index in [2.05, 4.69) is 37.4 Å². The SMILES string of the molecule is CCC(N[C@@H](C)C1CCCCCC1)c1cccc(Cl)c1. The van der Waals surface area contributed by atoms with Gasteiger partial charge >= 0.3 is 0 Å². The molecule has 0 bridgehead atoms. The van der Waals surface area contributed by atoms with Gasteiger partial charge in [-0.05, 0) is 49.8 Å². The second-order valence-corrected chi connectivity index (χ2v) is 6.66. The molecule has 0 saturated heterocycles.